The smallest absolute Gasteiger partial charge is 0.251 e. The Hall–Kier alpha value is -1.95. The largest absolute Gasteiger partial charge is 0.378 e. The monoisotopic (exact) mass is 288 g/mol. The molecule has 0 aliphatic heterocycles. The Bertz CT molecular complexity index is 604. The van der Waals surface area contributed by atoms with Gasteiger partial charge >= 0.3 is 0 Å². The second-order valence-electron chi connectivity index (χ2n) is 4.89. The molecule has 0 unspecified atom stereocenters. The van der Waals surface area contributed by atoms with Crippen LogP contribution in [0.25, 0.3) is 0 Å². The lowest BCUT2D eigenvalue weighted by Crippen LogP contribution is -2.25. The van der Waals surface area contributed by atoms with Crippen LogP contribution in [0.5, 0.6) is 0 Å². The zero-order valence-corrected chi connectivity index (χ0v) is 12.0. The van der Waals surface area contributed by atoms with E-state index in [2.05, 4.69) is 20.8 Å². The van der Waals surface area contributed by atoms with Crippen molar-refractivity contribution in [1.29, 1.82) is 0 Å². The van der Waals surface area contributed by atoms with Crippen LogP contribution in [0.3, 0.4) is 0 Å². The van der Waals surface area contributed by atoms with E-state index in [9.17, 15) is 4.79 Å². The van der Waals surface area contributed by atoms with Crippen molar-refractivity contribution in [1.82, 2.24) is 15.5 Å². The number of benzene rings is 1. The van der Waals surface area contributed by atoms with Crippen molar-refractivity contribution in [3.63, 3.8) is 0 Å². The summed E-state index contributed by atoms with van der Waals surface area (Å²) in [6, 6.07) is 7.89. The van der Waals surface area contributed by atoms with Crippen LogP contribution < -0.4 is 10.6 Å². The third-order valence-electron chi connectivity index (χ3n) is 3.07. The molecule has 2 N–H and O–H groups in total. The van der Waals surface area contributed by atoms with Gasteiger partial charge in [-0.15, -0.1) is 10.2 Å². The highest BCUT2D eigenvalue weighted by Crippen LogP contribution is 2.20. The van der Waals surface area contributed by atoms with Crippen LogP contribution in [0.2, 0.25) is 0 Å². The van der Waals surface area contributed by atoms with Crippen molar-refractivity contribution < 1.29 is 4.79 Å². The van der Waals surface area contributed by atoms with Crippen LogP contribution in [0.15, 0.2) is 24.3 Å². The van der Waals surface area contributed by atoms with Gasteiger partial charge in [-0.05, 0) is 44.0 Å². The fraction of sp³-hybridized carbons (Fsp3) is 0.357. The van der Waals surface area contributed by atoms with Gasteiger partial charge in [0.1, 0.15) is 10.0 Å². The summed E-state index contributed by atoms with van der Waals surface area (Å²) in [5, 5.41) is 16.2. The van der Waals surface area contributed by atoms with Gasteiger partial charge in [0.25, 0.3) is 5.91 Å². The molecule has 0 bridgehead atoms. The van der Waals surface area contributed by atoms with Gasteiger partial charge in [0.2, 0.25) is 0 Å². The van der Waals surface area contributed by atoms with Gasteiger partial charge in [-0.3, -0.25) is 4.79 Å². The zero-order chi connectivity index (χ0) is 13.9. The van der Waals surface area contributed by atoms with Crippen LogP contribution in [0.1, 0.15) is 33.2 Å². The molecule has 0 atom stereocenters. The molecule has 0 saturated heterocycles. The number of aryl methyl sites for hydroxylation is 1. The maximum Gasteiger partial charge on any atom is 0.251 e. The van der Waals surface area contributed by atoms with Crippen molar-refractivity contribution in [3.05, 3.63) is 39.8 Å². The first-order valence-electron chi connectivity index (χ1n) is 6.64. The molecule has 6 heteroatoms. The molecule has 2 aromatic rings. The number of aromatic nitrogens is 2. The Morgan fingerprint density at radius 1 is 1.30 bits per heavy atom. The molecular formula is C14H16N4OS. The maximum absolute atomic E-state index is 11.8. The predicted molar refractivity (Wildman–Crippen MR) is 78.9 cm³/mol. The summed E-state index contributed by atoms with van der Waals surface area (Å²) in [5.74, 6) is 0.0128. The molecule has 1 aliphatic carbocycles. The molecule has 1 heterocycles. The minimum Gasteiger partial charge on any atom is -0.378 e. The first-order valence-corrected chi connectivity index (χ1v) is 7.46. The van der Waals surface area contributed by atoms with Crippen molar-refractivity contribution >= 4 is 22.9 Å². The van der Waals surface area contributed by atoms with Gasteiger partial charge in [-0.25, -0.2) is 0 Å². The summed E-state index contributed by atoms with van der Waals surface area (Å²) < 4.78 is 0. The third kappa shape index (κ3) is 3.33. The molecule has 20 heavy (non-hydrogen) atoms. The number of anilines is 1. The topological polar surface area (TPSA) is 66.9 Å². The standard InChI is InChI=1S/C14H16N4OS/c1-9-17-18-13(20-9)8-15-11-4-2-10(3-5-11)14(19)16-12-6-7-12/h2-5,12,15H,6-8H2,1H3,(H,16,19). The highest BCUT2D eigenvalue weighted by atomic mass is 32.1. The van der Waals surface area contributed by atoms with E-state index >= 15 is 0 Å². The summed E-state index contributed by atoms with van der Waals surface area (Å²) in [4.78, 5) is 11.8. The first kappa shape index (κ1) is 13.1. The van der Waals surface area contributed by atoms with E-state index in [0.29, 0.717) is 18.2 Å². The van der Waals surface area contributed by atoms with Gasteiger partial charge in [0.15, 0.2) is 0 Å². The number of rotatable bonds is 5. The summed E-state index contributed by atoms with van der Waals surface area (Å²) in [6.07, 6.45) is 2.21. The molecule has 1 aromatic carbocycles. The predicted octanol–water partition coefficient (Wildman–Crippen LogP) is 2.35. The highest BCUT2D eigenvalue weighted by molar-refractivity contribution is 7.11. The van der Waals surface area contributed by atoms with E-state index in [4.69, 9.17) is 0 Å². The van der Waals surface area contributed by atoms with Crippen LogP contribution in [0, 0.1) is 6.92 Å². The molecule has 3 rings (SSSR count). The molecule has 1 fully saturated rings. The Morgan fingerprint density at radius 2 is 2.05 bits per heavy atom. The van der Waals surface area contributed by atoms with Crippen molar-refractivity contribution in [2.24, 2.45) is 0 Å². The molecule has 1 aliphatic rings. The van der Waals surface area contributed by atoms with E-state index in [1.165, 1.54) is 0 Å². The quantitative estimate of drug-likeness (QED) is 0.886. The molecule has 0 spiro atoms. The SMILES string of the molecule is Cc1nnc(CNc2ccc(C(=O)NC3CC3)cc2)s1. The second-order valence-corrected chi connectivity index (χ2v) is 6.16. The number of hydrogen-bond donors (Lipinski definition) is 2. The van der Waals surface area contributed by atoms with E-state index < -0.39 is 0 Å². The number of nitrogens with one attached hydrogen (secondary N) is 2. The Labute approximate surface area is 121 Å². The Kier molecular flexibility index (Phi) is 3.64. The average molecular weight is 288 g/mol. The molecule has 1 amide bonds. The van der Waals surface area contributed by atoms with Crippen molar-refractivity contribution in [2.75, 3.05) is 5.32 Å². The third-order valence-corrected chi connectivity index (χ3v) is 3.91. The van der Waals surface area contributed by atoms with E-state index in [1.807, 2.05) is 31.2 Å². The maximum atomic E-state index is 11.8. The number of carbonyl (C=O) groups excluding carboxylic acids is 1. The van der Waals surface area contributed by atoms with Gasteiger partial charge < -0.3 is 10.6 Å². The Morgan fingerprint density at radius 3 is 2.65 bits per heavy atom. The lowest BCUT2D eigenvalue weighted by molar-refractivity contribution is 0.0951. The van der Waals surface area contributed by atoms with Crippen LogP contribution in [0.4, 0.5) is 5.69 Å². The zero-order valence-electron chi connectivity index (χ0n) is 11.2. The molecule has 1 saturated carbocycles. The summed E-state index contributed by atoms with van der Waals surface area (Å²) >= 11 is 1.58. The number of amides is 1. The lowest BCUT2D eigenvalue weighted by Gasteiger charge is -2.06. The molecule has 5 nitrogen and oxygen atoms in total. The van der Waals surface area contributed by atoms with Gasteiger partial charge in [0, 0.05) is 17.3 Å². The second kappa shape index (κ2) is 5.58. The molecule has 104 valence electrons. The fourth-order valence-corrected chi connectivity index (χ4v) is 2.47. The number of carbonyl (C=O) groups is 1. The Balaban J connectivity index is 1.56. The van der Waals surface area contributed by atoms with E-state index in [0.717, 1.165) is 28.5 Å². The van der Waals surface area contributed by atoms with Crippen LogP contribution >= 0.6 is 11.3 Å². The molecular weight excluding hydrogens is 272 g/mol. The lowest BCUT2D eigenvalue weighted by atomic mass is 10.2. The summed E-state index contributed by atoms with van der Waals surface area (Å²) in [6.45, 7) is 2.59. The number of hydrogen-bond acceptors (Lipinski definition) is 5. The first-order chi connectivity index (χ1) is 9.70. The van der Waals surface area contributed by atoms with E-state index in [-0.39, 0.29) is 5.91 Å². The van der Waals surface area contributed by atoms with Gasteiger partial charge in [-0.2, -0.15) is 0 Å². The summed E-state index contributed by atoms with van der Waals surface area (Å²) in [7, 11) is 0. The van der Waals surface area contributed by atoms with Gasteiger partial charge in [-0.1, -0.05) is 11.3 Å². The van der Waals surface area contributed by atoms with Crippen LogP contribution in [-0.4, -0.2) is 22.1 Å². The highest BCUT2D eigenvalue weighted by Gasteiger charge is 2.23. The normalized spacial score (nSPS) is 14.1. The fourth-order valence-electron chi connectivity index (χ4n) is 1.82. The van der Waals surface area contributed by atoms with Crippen molar-refractivity contribution in [3.8, 4) is 0 Å². The number of nitrogens with zero attached hydrogens (tertiary/aromatic N) is 2. The van der Waals surface area contributed by atoms with Crippen LogP contribution in [-0.2, 0) is 6.54 Å². The molecule has 1 aromatic heterocycles. The minimum absolute atomic E-state index is 0.0128. The van der Waals surface area contributed by atoms with Gasteiger partial charge in [0.05, 0.1) is 6.54 Å². The average Bonchev–Trinajstić information content (AvgIpc) is 3.17. The summed E-state index contributed by atoms with van der Waals surface area (Å²) in [5.41, 5.74) is 1.68. The molecule has 0 radical (unpaired) electrons. The van der Waals surface area contributed by atoms with Crippen molar-refractivity contribution in [2.45, 2.75) is 32.4 Å². The minimum atomic E-state index is 0.0128. The van der Waals surface area contributed by atoms with E-state index in [1.54, 1.807) is 11.3 Å².